The molecule has 236 valence electrons. The Labute approximate surface area is 275 Å². The summed E-state index contributed by atoms with van der Waals surface area (Å²) < 4.78 is 29.4. The van der Waals surface area contributed by atoms with Crippen LogP contribution in [0, 0.1) is 13.8 Å². The summed E-state index contributed by atoms with van der Waals surface area (Å²) in [6.45, 7) is 6.79. The van der Waals surface area contributed by atoms with Gasteiger partial charge in [0, 0.05) is 34.6 Å². The first-order valence-electron chi connectivity index (χ1n) is 14.6. The lowest BCUT2D eigenvalue weighted by molar-refractivity contribution is -0.140. The van der Waals surface area contributed by atoms with Gasteiger partial charge in [-0.25, -0.2) is 8.42 Å². The topological polar surface area (TPSA) is 86.8 Å². The number of nitrogens with zero attached hydrogens (tertiary/aromatic N) is 2. The molecule has 0 saturated heterocycles. The van der Waals surface area contributed by atoms with Gasteiger partial charge < -0.3 is 10.2 Å². The van der Waals surface area contributed by atoms with E-state index in [1.807, 2.05) is 64.1 Å². The minimum Gasteiger partial charge on any atom is -0.352 e. The second-order valence-electron chi connectivity index (χ2n) is 11.2. The Bertz CT molecular complexity index is 1730. The number of benzene rings is 4. The molecule has 0 unspecified atom stereocenters. The largest absolute Gasteiger partial charge is 0.352 e. The molecule has 45 heavy (non-hydrogen) atoms. The molecule has 0 heterocycles. The van der Waals surface area contributed by atoms with Crippen LogP contribution in [0.2, 0.25) is 10.0 Å². The van der Waals surface area contributed by atoms with Crippen LogP contribution >= 0.6 is 23.2 Å². The highest BCUT2D eigenvalue weighted by molar-refractivity contribution is 7.92. The fraction of sp³-hybridized carbons (Fsp3) is 0.257. The quantitative estimate of drug-likeness (QED) is 0.177. The molecule has 0 bridgehead atoms. The van der Waals surface area contributed by atoms with Crippen LogP contribution in [-0.2, 0) is 32.6 Å². The molecule has 0 fully saturated rings. The fourth-order valence-corrected chi connectivity index (χ4v) is 6.86. The first-order chi connectivity index (χ1) is 21.4. The molecule has 0 aliphatic rings. The molecule has 7 nitrogen and oxygen atoms in total. The van der Waals surface area contributed by atoms with Gasteiger partial charge in [0.1, 0.15) is 12.6 Å². The first-order valence-corrected chi connectivity index (χ1v) is 16.8. The summed E-state index contributed by atoms with van der Waals surface area (Å²) in [5.74, 6) is -0.974. The molecule has 0 aliphatic carbocycles. The van der Waals surface area contributed by atoms with Crippen LogP contribution in [0.25, 0.3) is 0 Å². The lowest BCUT2D eigenvalue weighted by Gasteiger charge is -2.34. The minimum atomic E-state index is -4.19. The van der Waals surface area contributed by atoms with Gasteiger partial charge in [-0.1, -0.05) is 83.9 Å². The van der Waals surface area contributed by atoms with E-state index in [9.17, 15) is 18.0 Å². The highest BCUT2D eigenvalue weighted by Crippen LogP contribution is 2.29. The summed E-state index contributed by atoms with van der Waals surface area (Å²) in [7, 11) is -4.19. The zero-order valence-corrected chi connectivity index (χ0v) is 28.0. The Kier molecular flexibility index (Phi) is 11.3. The second-order valence-corrected chi connectivity index (χ2v) is 13.9. The summed E-state index contributed by atoms with van der Waals surface area (Å²) in [5, 5.41) is 3.59. The lowest BCUT2D eigenvalue weighted by Crippen LogP contribution is -2.54. The molecular weight excluding hydrogens is 629 g/mol. The number of nitrogens with one attached hydrogen (secondary N) is 1. The molecule has 10 heteroatoms. The summed E-state index contributed by atoms with van der Waals surface area (Å²) in [5.41, 5.74) is 3.45. The van der Waals surface area contributed by atoms with Gasteiger partial charge in [0.05, 0.1) is 10.6 Å². The van der Waals surface area contributed by atoms with Gasteiger partial charge in [-0.2, -0.15) is 0 Å². The van der Waals surface area contributed by atoms with E-state index in [2.05, 4.69) is 5.32 Å². The maximum absolute atomic E-state index is 14.6. The van der Waals surface area contributed by atoms with Gasteiger partial charge in [0.15, 0.2) is 0 Å². The highest BCUT2D eigenvalue weighted by atomic mass is 35.5. The van der Waals surface area contributed by atoms with Crippen molar-refractivity contribution >= 4 is 50.7 Å². The number of anilines is 1. The molecule has 0 aromatic heterocycles. The maximum Gasteiger partial charge on any atom is 0.264 e. The van der Waals surface area contributed by atoms with Crippen molar-refractivity contribution in [1.82, 2.24) is 10.2 Å². The van der Waals surface area contributed by atoms with Crippen molar-refractivity contribution in [1.29, 1.82) is 0 Å². The van der Waals surface area contributed by atoms with Crippen LogP contribution < -0.4 is 9.62 Å². The number of hydrogen-bond acceptors (Lipinski definition) is 4. The fourth-order valence-electron chi connectivity index (χ4n) is 4.92. The Hall–Kier alpha value is -3.85. The number of sulfonamides is 1. The third-order valence-corrected chi connectivity index (χ3v) is 9.98. The van der Waals surface area contributed by atoms with E-state index in [1.165, 1.54) is 17.0 Å². The number of carbonyl (C=O) groups is 2. The van der Waals surface area contributed by atoms with E-state index in [0.717, 1.165) is 21.0 Å². The molecule has 4 aromatic rings. The lowest BCUT2D eigenvalue weighted by atomic mass is 10.0. The van der Waals surface area contributed by atoms with Gasteiger partial charge in [-0.3, -0.25) is 13.9 Å². The van der Waals surface area contributed by atoms with Gasteiger partial charge in [-0.15, -0.1) is 0 Å². The normalized spacial score (nSPS) is 12.1. The Morgan fingerprint density at radius 3 is 1.98 bits per heavy atom. The van der Waals surface area contributed by atoms with Gasteiger partial charge in [0.25, 0.3) is 10.0 Å². The van der Waals surface area contributed by atoms with E-state index in [-0.39, 0.29) is 29.8 Å². The molecular formula is C35H37Cl2N3O4S. The number of halogens is 2. The number of amides is 2. The summed E-state index contributed by atoms with van der Waals surface area (Å²) in [6, 6.07) is 26.3. The molecule has 0 aliphatic heterocycles. The summed E-state index contributed by atoms with van der Waals surface area (Å²) in [4.78, 5) is 29.8. The average molecular weight is 667 g/mol. The zero-order valence-electron chi connectivity index (χ0n) is 25.7. The number of aryl methyl sites for hydroxylation is 2. The van der Waals surface area contributed by atoms with Crippen LogP contribution in [-0.4, -0.2) is 43.8 Å². The second kappa shape index (κ2) is 15.0. The summed E-state index contributed by atoms with van der Waals surface area (Å²) >= 11 is 13.1. The van der Waals surface area contributed by atoms with Crippen molar-refractivity contribution in [2.75, 3.05) is 10.8 Å². The third-order valence-electron chi connectivity index (χ3n) is 7.48. The molecule has 1 N–H and O–H groups in total. The van der Waals surface area contributed by atoms with Gasteiger partial charge in [-0.05, 0) is 80.8 Å². The maximum atomic E-state index is 14.6. The molecule has 1 atom stereocenters. The van der Waals surface area contributed by atoms with E-state index in [4.69, 9.17) is 23.2 Å². The summed E-state index contributed by atoms with van der Waals surface area (Å²) in [6.07, 6.45) is 0.183. The molecule has 4 aromatic carbocycles. The predicted octanol–water partition coefficient (Wildman–Crippen LogP) is 6.97. The number of rotatable bonds is 12. The molecule has 0 radical (unpaired) electrons. The number of hydrogen-bond donors (Lipinski definition) is 1. The van der Waals surface area contributed by atoms with Crippen molar-refractivity contribution in [2.45, 2.75) is 57.6 Å². The van der Waals surface area contributed by atoms with E-state index in [1.54, 1.807) is 48.5 Å². The first kappa shape index (κ1) is 34.0. The van der Waals surface area contributed by atoms with Gasteiger partial charge in [0.2, 0.25) is 11.8 Å². The Morgan fingerprint density at radius 2 is 1.40 bits per heavy atom. The molecule has 0 saturated carbocycles. The van der Waals surface area contributed by atoms with E-state index in [0.29, 0.717) is 21.3 Å². The van der Waals surface area contributed by atoms with Crippen molar-refractivity contribution < 1.29 is 18.0 Å². The van der Waals surface area contributed by atoms with E-state index < -0.39 is 28.5 Å². The third kappa shape index (κ3) is 8.45. The Morgan fingerprint density at radius 1 is 0.800 bits per heavy atom. The zero-order chi connectivity index (χ0) is 32.7. The van der Waals surface area contributed by atoms with Crippen molar-refractivity contribution in [3.8, 4) is 0 Å². The SMILES string of the molecule is Cc1ccc(N(CC(=O)N(Cc2c(Cl)cccc2Cl)[C@@H](Cc2ccccc2)C(=O)NC(C)C)S(=O)(=O)c2ccccc2)cc1C. The molecule has 2 amide bonds. The standard InChI is InChI=1S/C35H37Cl2N3O4S/c1-24(2)38-35(42)33(21-27-12-7-5-8-13-27)39(22-30-31(36)16-11-17-32(30)37)34(41)23-40(28-19-18-25(3)26(4)20-28)45(43,44)29-14-9-6-10-15-29/h5-20,24,33H,21-23H2,1-4H3,(H,38,42)/t33-/m0/s1. The molecule has 0 spiro atoms. The highest BCUT2D eigenvalue weighted by Gasteiger charge is 2.35. The van der Waals surface area contributed by atoms with Crippen LogP contribution in [0.4, 0.5) is 5.69 Å². The van der Waals surface area contributed by atoms with Crippen molar-refractivity contribution in [2.24, 2.45) is 0 Å². The van der Waals surface area contributed by atoms with Crippen LogP contribution in [0.5, 0.6) is 0 Å². The average Bonchev–Trinajstić information content (AvgIpc) is 3.00. The van der Waals surface area contributed by atoms with Gasteiger partial charge >= 0.3 is 0 Å². The van der Waals surface area contributed by atoms with Crippen LogP contribution in [0.15, 0.2) is 102 Å². The predicted molar refractivity (Wildman–Crippen MR) is 181 cm³/mol. The monoisotopic (exact) mass is 665 g/mol. The minimum absolute atomic E-state index is 0.0371. The molecule has 4 rings (SSSR count). The van der Waals surface area contributed by atoms with Crippen molar-refractivity contribution in [3.05, 3.63) is 129 Å². The number of carbonyl (C=O) groups excluding carboxylic acids is 2. The van der Waals surface area contributed by atoms with Crippen molar-refractivity contribution in [3.63, 3.8) is 0 Å². The van der Waals surface area contributed by atoms with Crippen LogP contribution in [0.1, 0.15) is 36.1 Å². The van der Waals surface area contributed by atoms with Crippen LogP contribution in [0.3, 0.4) is 0 Å². The van der Waals surface area contributed by atoms with E-state index >= 15 is 0 Å². The Balaban J connectivity index is 1.85. The smallest absolute Gasteiger partial charge is 0.264 e.